The molecule has 0 radical (unpaired) electrons. The van der Waals surface area contributed by atoms with Gasteiger partial charge in [0.1, 0.15) is 0 Å². The first-order chi connectivity index (χ1) is 6.07. The van der Waals surface area contributed by atoms with E-state index in [0.717, 1.165) is 17.8 Å². The largest absolute Gasteiger partial charge is 0.0599 e. The topological polar surface area (TPSA) is 0 Å². The van der Waals surface area contributed by atoms with Gasteiger partial charge in [-0.15, -0.1) is 0 Å². The van der Waals surface area contributed by atoms with Gasteiger partial charge in [0.05, 0.1) is 0 Å². The first-order valence-electron chi connectivity index (χ1n) is 6.07. The smallest absolute Gasteiger partial charge is 0.0354 e. The van der Waals surface area contributed by atoms with E-state index in [2.05, 4.69) is 20.8 Å². The predicted octanol–water partition coefficient (Wildman–Crippen LogP) is 4.25. The molecule has 2 aliphatic rings. The van der Waals surface area contributed by atoms with E-state index < -0.39 is 0 Å². The minimum Gasteiger partial charge on any atom is -0.0599 e. The van der Waals surface area contributed by atoms with Crippen LogP contribution in [0.25, 0.3) is 0 Å². The molecule has 2 saturated carbocycles. The standard InChI is InChI=1S/C13H24/c1-13(2,3)12-8-7-10-5-4-6-11(10)9-12/h10-12H,4-9H2,1-3H3/t10-,11+,12?/m1/s1. The highest BCUT2D eigenvalue weighted by molar-refractivity contribution is 4.88. The van der Waals surface area contributed by atoms with E-state index in [4.69, 9.17) is 0 Å². The third kappa shape index (κ3) is 1.92. The summed E-state index contributed by atoms with van der Waals surface area (Å²) in [5.74, 6) is 3.24. The Kier molecular flexibility index (Phi) is 2.42. The molecular weight excluding hydrogens is 156 g/mol. The molecule has 0 amide bonds. The van der Waals surface area contributed by atoms with Crippen LogP contribution < -0.4 is 0 Å². The van der Waals surface area contributed by atoms with E-state index in [0.29, 0.717) is 5.41 Å². The monoisotopic (exact) mass is 180 g/mol. The molecule has 76 valence electrons. The van der Waals surface area contributed by atoms with Crippen LogP contribution in [0.15, 0.2) is 0 Å². The highest BCUT2D eigenvalue weighted by atomic mass is 14.4. The number of rotatable bonds is 0. The van der Waals surface area contributed by atoms with Crippen LogP contribution in [0.3, 0.4) is 0 Å². The van der Waals surface area contributed by atoms with Crippen molar-refractivity contribution in [2.45, 2.75) is 59.3 Å². The van der Waals surface area contributed by atoms with Crippen LogP contribution in [0.4, 0.5) is 0 Å². The Bertz CT molecular complexity index is 175. The van der Waals surface area contributed by atoms with Crippen LogP contribution >= 0.6 is 0 Å². The van der Waals surface area contributed by atoms with Crippen LogP contribution in [-0.2, 0) is 0 Å². The Morgan fingerprint density at radius 1 is 0.846 bits per heavy atom. The maximum Gasteiger partial charge on any atom is -0.0354 e. The molecule has 13 heavy (non-hydrogen) atoms. The first kappa shape index (κ1) is 9.55. The molecular formula is C13H24. The van der Waals surface area contributed by atoms with Gasteiger partial charge in [0.25, 0.3) is 0 Å². The zero-order chi connectivity index (χ0) is 9.47. The Balaban J connectivity index is 1.97. The van der Waals surface area contributed by atoms with Crippen LogP contribution in [0.2, 0.25) is 0 Å². The summed E-state index contributed by atoms with van der Waals surface area (Å²) in [4.78, 5) is 0. The van der Waals surface area contributed by atoms with Crippen LogP contribution in [-0.4, -0.2) is 0 Å². The van der Waals surface area contributed by atoms with Gasteiger partial charge in [-0.2, -0.15) is 0 Å². The lowest BCUT2D eigenvalue weighted by Crippen LogP contribution is -2.29. The summed E-state index contributed by atoms with van der Waals surface area (Å²) in [5, 5.41) is 0. The van der Waals surface area contributed by atoms with Crippen LogP contribution in [0.5, 0.6) is 0 Å². The quantitative estimate of drug-likeness (QED) is 0.523. The molecule has 0 N–H and O–H groups in total. The van der Waals surface area contributed by atoms with Gasteiger partial charge in [0.2, 0.25) is 0 Å². The summed E-state index contributed by atoms with van der Waals surface area (Å²) in [6.07, 6.45) is 9.18. The van der Waals surface area contributed by atoms with Gasteiger partial charge >= 0.3 is 0 Å². The Labute approximate surface area is 83.1 Å². The Morgan fingerprint density at radius 3 is 2.23 bits per heavy atom. The van der Waals surface area contributed by atoms with Gasteiger partial charge in [-0.3, -0.25) is 0 Å². The fourth-order valence-corrected chi connectivity index (χ4v) is 3.49. The van der Waals surface area contributed by atoms with Crippen molar-refractivity contribution in [3.05, 3.63) is 0 Å². The van der Waals surface area contributed by atoms with Gasteiger partial charge in [0, 0.05) is 0 Å². The summed E-state index contributed by atoms with van der Waals surface area (Å²) in [6.45, 7) is 7.27. The van der Waals surface area contributed by atoms with Gasteiger partial charge in [-0.25, -0.2) is 0 Å². The number of hydrogen-bond acceptors (Lipinski definition) is 0. The molecule has 2 rings (SSSR count). The highest BCUT2D eigenvalue weighted by Gasteiger charge is 2.37. The van der Waals surface area contributed by atoms with Crippen molar-refractivity contribution in [3.8, 4) is 0 Å². The van der Waals surface area contributed by atoms with Crippen LogP contribution in [0.1, 0.15) is 59.3 Å². The summed E-state index contributed by atoms with van der Waals surface area (Å²) >= 11 is 0. The molecule has 0 heterocycles. The van der Waals surface area contributed by atoms with Crippen molar-refractivity contribution in [1.29, 1.82) is 0 Å². The average molecular weight is 180 g/mol. The Hall–Kier alpha value is 0. The van der Waals surface area contributed by atoms with Gasteiger partial charge in [0.15, 0.2) is 0 Å². The number of hydrogen-bond donors (Lipinski definition) is 0. The summed E-state index contributed by atoms with van der Waals surface area (Å²) < 4.78 is 0. The normalized spacial score (nSPS) is 40.4. The summed E-state index contributed by atoms with van der Waals surface area (Å²) in [7, 11) is 0. The lowest BCUT2D eigenvalue weighted by atomic mass is 9.66. The van der Waals surface area contributed by atoms with Crippen molar-refractivity contribution in [3.63, 3.8) is 0 Å². The molecule has 0 nitrogen and oxygen atoms in total. The molecule has 3 atom stereocenters. The van der Waals surface area contributed by atoms with Crippen LogP contribution in [0, 0.1) is 23.2 Å². The maximum absolute atomic E-state index is 2.42. The molecule has 1 unspecified atom stereocenters. The molecule has 0 aromatic rings. The van der Waals surface area contributed by atoms with E-state index in [-0.39, 0.29) is 0 Å². The maximum atomic E-state index is 2.42. The van der Waals surface area contributed by atoms with E-state index >= 15 is 0 Å². The van der Waals surface area contributed by atoms with Crippen molar-refractivity contribution in [2.75, 3.05) is 0 Å². The van der Waals surface area contributed by atoms with Crippen molar-refractivity contribution >= 4 is 0 Å². The van der Waals surface area contributed by atoms with Gasteiger partial charge in [-0.1, -0.05) is 40.0 Å². The van der Waals surface area contributed by atoms with E-state index in [1.54, 1.807) is 6.42 Å². The minimum atomic E-state index is 0.563. The molecule has 0 spiro atoms. The van der Waals surface area contributed by atoms with E-state index in [1.165, 1.54) is 32.1 Å². The van der Waals surface area contributed by atoms with Crippen molar-refractivity contribution in [2.24, 2.45) is 23.2 Å². The molecule has 0 aliphatic heterocycles. The molecule has 0 aromatic heterocycles. The molecule has 0 aromatic carbocycles. The predicted molar refractivity (Wildman–Crippen MR) is 57.6 cm³/mol. The second-order valence-electron chi connectivity index (χ2n) is 6.33. The second-order valence-corrected chi connectivity index (χ2v) is 6.33. The fraction of sp³-hybridized carbons (Fsp3) is 1.00. The third-order valence-electron chi connectivity index (χ3n) is 4.51. The van der Waals surface area contributed by atoms with Crippen molar-refractivity contribution in [1.82, 2.24) is 0 Å². The average Bonchev–Trinajstić information content (AvgIpc) is 2.47. The zero-order valence-electron chi connectivity index (χ0n) is 9.47. The molecule has 0 heteroatoms. The van der Waals surface area contributed by atoms with E-state index in [1.807, 2.05) is 0 Å². The number of fused-ring (bicyclic) bond motifs is 1. The minimum absolute atomic E-state index is 0.563. The SMILES string of the molecule is CC(C)(C)C1CC[C@H]2CCC[C@H]2C1. The van der Waals surface area contributed by atoms with Gasteiger partial charge < -0.3 is 0 Å². The summed E-state index contributed by atoms with van der Waals surface area (Å²) in [5.41, 5.74) is 0.563. The van der Waals surface area contributed by atoms with E-state index in [9.17, 15) is 0 Å². The molecule has 0 bridgehead atoms. The first-order valence-corrected chi connectivity index (χ1v) is 6.07. The van der Waals surface area contributed by atoms with Crippen molar-refractivity contribution < 1.29 is 0 Å². The Morgan fingerprint density at radius 2 is 1.54 bits per heavy atom. The fourth-order valence-electron chi connectivity index (χ4n) is 3.49. The lowest BCUT2D eigenvalue weighted by Gasteiger charge is -2.39. The highest BCUT2D eigenvalue weighted by Crippen LogP contribution is 2.48. The third-order valence-corrected chi connectivity index (χ3v) is 4.51. The summed E-state index contributed by atoms with van der Waals surface area (Å²) in [6, 6.07) is 0. The molecule has 0 saturated heterocycles. The molecule has 2 fully saturated rings. The molecule has 2 aliphatic carbocycles. The second kappa shape index (κ2) is 3.29. The van der Waals surface area contributed by atoms with Gasteiger partial charge in [-0.05, 0) is 42.4 Å². The zero-order valence-corrected chi connectivity index (χ0v) is 9.47. The lowest BCUT2D eigenvalue weighted by molar-refractivity contribution is 0.114.